The Labute approximate surface area is 165 Å². The molecule has 0 saturated carbocycles. The van der Waals surface area contributed by atoms with Crippen molar-refractivity contribution in [3.05, 3.63) is 10.0 Å². The summed E-state index contributed by atoms with van der Waals surface area (Å²) in [6.45, 7) is 7.09. The average Bonchev–Trinajstić information content (AvgIpc) is 2.96. The van der Waals surface area contributed by atoms with Gasteiger partial charge in [-0.1, -0.05) is 0 Å². The molecule has 2 aromatic heterocycles. The molecule has 0 spiro atoms. The van der Waals surface area contributed by atoms with Gasteiger partial charge < -0.3 is 24.5 Å². The van der Waals surface area contributed by atoms with Crippen LogP contribution in [0.25, 0.3) is 11.2 Å². The molecule has 0 aliphatic carbocycles. The predicted octanol–water partition coefficient (Wildman–Crippen LogP) is 1.98. The van der Waals surface area contributed by atoms with Gasteiger partial charge in [-0.15, -0.1) is 0 Å². The maximum absolute atomic E-state index is 11.2. The second-order valence-electron chi connectivity index (χ2n) is 5.69. The van der Waals surface area contributed by atoms with Crippen LogP contribution in [-0.2, 0) is 25.5 Å². The smallest absolute Gasteiger partial charge is 0.302 e. The SMILES string of the molecule is CCOC(CC(COC(C)=O)Cn1cnc2c(I)nc(N)nc21)OCC. The van der Waals surface area contributed by atoms with Crippen LogP contribution in [0.5, 0.6) is 0 Å². The monoisotopic (exact) mass is 477 g/mol. The van der Waals surface area contributed by atoms with Gasteiger partial charge in [-0.2, -0.15) is 4.98 Å². The highest BCUT2D eigenvalue weighted by atomic mass is 127. The molecule has 0 aliphatic heterocycles. The number of nitrogen functional groups attached to an aromatic ring is 1. The number of aromatic nitrogens is 4. The summed E-state index contributed by atoms with van der Waals surface area (Å²) in [5.41, 5.74) is 7.11. The normalized spacial score (nSPS) is 12.7. The van der Waals surface area contributed by atoms with Crippen LogP contribution >= 0.6 is 22.6 Å². The summed E-state index contributed by atoms with van der Waals surface area (Å²) < 4.78 is 19.1. The lowest BCUT2D eigenvalue weighted by Gasteiger charge is -2.23. The van der Waals surface area contributed by atoms with Gasteiger partial charge >= 0.3 is 5.97 Å². The van der Waals surface area contributed by atoms with Gasteiger partial charge in [-0.25, -0.2) is 9.97 Å². The number of ether oxygens (including phenoxy) is 3. The van der Waals surface area contributed by atoms with Crippen molar-refractivity contribution in [3.63, 3.8) is 0 Å². The predicted molar refractivity (Wildman–Crippen MR) is 104 cm³/mol. The summed E-state index contributed by atoms with van der Waals surface area (Å²) in [7, 11) is 0. The lowest BCUT2D eigenvalue weighted by molar-refractivity contribution is -0.156. The largest absolute Gasteiger partial charge is 0.466 e. The molecule has 0 aromatic carbocycles. The van der Waals surface area contributed by atoms with E-state index in [1.54, 1.807) is 6.33 Å². The Kier molecular flexibility index (Phi) is 7.97. The van der Waals surface area contributed by atoms with Crippen molar-refractivity contribution in [1.29, 1.82) is 0 Å². The average molecular weight is 477 g/mol. The summed E-state index contributed by atoms with van der Waals surface area (Å²) in [6, 6.07) is 0. The minimum Gasteiger partial charge on any atom is -0.466 e. The molecule has 1 unspecified atom stereocenters. The van der Waals surface area contributed by atoms with Gasteiger partial charge in [0.2, 0.25) is 5.95 Å². The van der Waals surface area contributed by atoms with Crippen LogP contribution in [0, 0.1) is 9.62 Å². The fourth-order valence-electron chi connectivity index (χ4n) is 2.60. The van der Waals surface area contributed by atoms with Crippen LogP contribution in [0.3, 0.4) is 0 Å². The van der Waals surface area contributed by atoms with E-state index < -0.39 is 0 Å². The molecule has 9 nitrogen and oxygen atoms in total. The Morgan fingerprint density at radius 1 is 1.31 bits per heavy atom. The van der Waals surface area contributed by atoms with Crippen molar-refractivity contribution in [1.82, 2.24) is 19.5 Å². The summed E-state index contributed by atoms with van der Waals surface area (Å²) in [5.74, 6) is -0.161. The second-order valence-corrected chi connectivity index (χ2v) is 6.71. The zero-order valence-electron chi connectivity index (χ0n) is 15.1. The fraction of sp³-hybridized carbons (Fsp3) is 0.625. The van der Waals surface area contributed by atoms with E-state index in [0.29, 0.717) is 41.0 Å². The topological polar surface area (TPSA) is 114 Å². The minimum absolute atomic E-state index is 0.0340. The highest BCUT2D eigenvalue weighted by Crippen LogP contribution is 2.20. The fourth-order valence-corrected chi connectivity index (χ4v) is 3.22. The van der Waals surface area contributed by atoms with Crippen LogP contribution in [0.1, 0.15) is 27.2 Å². The van der Waals surface area contributed by atoms with E-state index in [2.05, 4.69) is 37.5 Å². The molecule has 144 valence electrons. The van der Waals surface area contributed by atoms with Crippen LogP contribution in [0.15, 0.2) is 6.33 Å². The maximum Gasteiger partial charge on any atom is 0.302 e. The molecular weight excluding hydrogens is 453 g/mol. The zero-order chi connectivity index (χ0) is 19.1. The standard InChI is InChI=1S/C16H24IN5O4/c1-4-24-12(25-5-2)6-11(8-26-10(3)23)7-22-9-19-13-14(17)20-16(18)21-15(13)22/h9,11-12H,4-8H2,1-3H3,(H2,18,20,21). The van der Waals surface area contributed by atoms with E-state index in [0.717, 1.165) is 0 Å². The number of carbonyl (C=O) groups excluding carboxylic acids is 1. The minimum atomic E-state index is -0.361. The van der Waals surface area contributed by atoms with E-state index in [1.807, 2.05) is 18.4 Å². The maximum atomic E-state index is 11.2. The van der Waals surface area contributed by atoms with Crippen molar-refractivity contribution in [2.75, 3.05) is 25.6 Å². The molecule has 0 bridgehead atoms. The number of fused-ring (bicyclic) bond motifs is 1. The number of hydrogen-bond acceptors (Lipinski definition) is 8. The van der Waals surface area contributed by atoms with Crippen molar-refractivity contribution in [3.8, 4) is 0 Å². The van der Waals surface area contributed by atoms with E-state index in [1.165, 1.54) is 6.92 Å². The first-order valence-electron chi connectivity index (χ1n) is 8.44. The number of nitrogens with two attached hydrogens (primary N) is 1. The molecule has 2 heterocycles. The van der Waals surface area contributed by atoms with Gasteiger partial charge in [0.05, 0.1) is 12.9 Å². The molecule has 2 rings (SSSR count). The van der Waals surface area contributed by atoms with Gasteiger partial charge in [0.1, 0.15) is 9.22 Å². The number of esters is 1. The van der Waals surface area contributed by atoms with Crippen molar-refractivity contribution < 1.29 is 19.0 Å². The third-order valence-electron chi connectivity index (χ3n) is 3.65. The molecule has 2 aromatic rings. The second kappa shape index (κ2) is 9.97. The van der Waals surface area contributed by atoms with Gasteiger partial charge in [-0.3, -0.25) is 4.79 Å². The highest BCUT2D eigenvalue weighted by Gasteiger charge is 2.21. The van der Waals surface area contributed by atoms with Crippen LogP contribution in [0.2, 0.25) is 0 Å². The van der Waals surface area contributed by atoms with Gasteiger partial charge in [0.25, 0.3) is 0 Å². The Hall–Kier alpha value is -1.53. The van der Waals surface area contributed by atoms with Gasteiger partial charge in [-0.05, 0) is 36.4 Å². The Morgan fingerprint density at radius 3 is 2.62 bits per heavy atom. The Balaban J connectivity index is 2.21. The number of nitrogens with zero attached hydrogens (tertiary/aromatic N) is 4. The first-order valence-corrected chi connectivity index (χ1v) is 9.52. The van der Waals surface area contributed by atoms with E-state index in [9.17, 15) is 4.79 Å². The number of halogens is 1. The molecule has 0 saturated heterocycles. The Bertz CT molecular complexity index is 733. The Morgan fingerprint density at radius 2 is 2.00 bits per heavy atom. The van der Waals surface area contributed by atoms with Gasteiger partial charge in [0.15, 0.2) is 11.9 Å². The molecular formula is C16H24IN5O4. The quantitative estimate of drug-likeness (QED) is 0.239. The van der Waals surface area contributed by atoms with Crippen molar-refractivity contribution in [2.24, 2.45) is 5.92 Å². The van der Waals surface area contributed by atoms with Crippen LogP contribution < -0.4 is 5.73 Å². The van der Waals surface area contributed by atoms with Crippen molar-refractivity contribution in [2.45, 2.75) is 40.0 Å². The molecule has 10 heteroatoms. The summed E-state index contributed by atoms with van der Waals surface area (Å²) >= 11 is 2.08. The zero-order valence-corrected chi connectivity index (χ0v) is 17.3. The van der Waals surface area contributed by atoms with E-state index in [4.69, 9.17) is 19.9 Å². The number of imidazole rings is 1. The lowest BCUT2D eigenvalue weighted by atomic mass is 10.1. The first kappa shape index (κ1) is 20.8. The van der Waals surface area contributed by atoms with Crippen LogP contribution in [0.4, 0.5) is 5.95 Å². The molecule has 0 radical (unpaired) electrons. The van der Waals surface area contributed by atoms with Crippen molar-refractivity contribution >= 4 is 45.7 Å². The highest BCUT2D eigenvalue weighted by molar-refractivity contribution is 14.1. The number of carbonyl (C=O) groups is 1. The van der Waals surface area contributed by atoms with Gasteiger partial charge in [0, 0.05) is 39.0 Å². The molecule has 1 atom stereocenters. The summed E-state index contributed by atoms with van der Waals surface area (Å²) in [4.78, 5) is 24.0. The molecule has 2 N–H and O–H groups in total. The molecule has 0 aliphatic rings. The van der Waals surface area contributed by atoms with Crippen LogP contribution in [-0.4, -0.2) is 51.6 Å². The number of hydrogen-bond donors (Lipinski definition) is 1. The summed E-state index contributed by atoms with van der Waals surface area (Å²) in [6.07, 6.45) is 1.91. The molecule has 0 amide bonds. The summed E-state index contributed by atoms with van der Waals surface area (Å²) in [5, 5.41) is 0. The van der Waals surface area contributed by atoms with E-state index in [-0.39, 0.29) is 30.7 Å². The molecule has 0 fully saturated rings. The lowest BCUT2D eigenvalue weighted by Crippen LogP contribution is -2.27. The van der Waals surface area contributed by atoms with E-state index >= 15 is 0 Å². The molecule has 26 heavy (non-hydrogen) atoms. The third kappa shape index (κ3) is 5.74. The first-order chi connectivity index (χ1) is 12.4. The number of rotatable bonds is 10. The third-order valence-corrected chi connectivity index (χ3v) is 4.40. The number of anilines is 1.